The van der Waals surface area contributed by atoms with Crippen LogP contribution in [0, 0.1) is 5.82 Å². The minimum atomic E-state index is -0.444. The van der Waals surface area contributed by atoms with Gasteiger partial charge in [0.1, 0.15) is 17.3 Å². The highest BCUT2D eigenvalue weighted by Crippen LogP contribution is 2.22. The zero-order valence-corrected chi connectivity index (χ0v) is 13.4. The smallest absolute Gasteiger partial charge is 0.224 e. The van der Waals surface area contributed by atoms with Crippen molar-refractivity contribution in [1.29, 1.82) is 0 Å². The molecule has 2 aromatic carbocycles. The van der Waals surface area contributed by atoms with E-state index in [1.54, 1.807) is 31.4 Å². The molecule has 0 unspecified atom stereocenters. The molecule has 4 nitrogen and oxygen atoms in total. The lowest BCUT2D eigenvalue weighted by molar-refractivity contribution is -0.116. The summed E-state index contributed by atoms with van der Waals surface area (Å²) in [6, 6.07) is 11.0. The third-order valence-corrected chi connectivity index (χ3v) is 3.39. The highest BCUT2D eigenvalue weighted by Gasteiger charge is 2.07. The minimum absolute atomic E-state index is 0.174. The van der Waals surface area contributed by atoms with Gasteiger partial charge in [-0.1, -0.05) is 11.6 Å². The maximum Gasteiger partial charge on any atom is 0.224 e. The lowest BCUT2D eigenvalue weighted by Gasteiger charge is -2.08. The number of rotatable bonds is 7. The molecule has 0 aliphatic rings. The van der Waals surface area contributed by atoms with Crippen LogP contribution < -0.4 is 14.8 Å². The zero-order chi connectivity index (χ0) is 16.7. The molecule has 2 aromatic rings. The van der Waals surface area contributed by atoms with Gasteiger partial charge in [0.15, 0.2) is 0 Å². The zero-order valence-electron chi connectivity index (χ0n) is 12.6. The van der Waals surface area contributed by atoms with Crippen molar-refractivity contribution >= 4 is 23.2 Å². The molecule has 0 aliphatic heterocycles. The predicted octanol–water partition coefficient (Wildman–Crippen LogP) is 4.29. The molecule has 0 aliphatic carbocycles. The summed E-state index contributed by atoms with van der Waals surface area (Å²) in [5.41, 5.74) is 0.397. The number of hydrogen-bond acceptors (Lipinski definition) is 3. The summed E-state index contributed by atoms with van der Waals surface area (Å²) >= 11 is 5.85. The van der Waals surface area contributed by atoms with Crippen LogP contribution in [-0.2, 0) is 4.79 Å². The minimum Gasteiger partial charge on any atom is -0.497 e. The van der Waals surface area contributed by atoms with Gasteiger partial charge in [0.05, 0.1) is 24.4 Å². The Morgan fingerprint density at radius 2 is 1.87 bits per heavy atom. The highest BCUT2D eigenvalue weighted by molar-refractivity contribution is 6.33. The summed E-state index contributed by atoms with van der Waals surface area (Å²) in [5.74, 6) is 0.832. The molecule has 0 radical (unpaired) electrons. The van der Waals surface area contributed by atoms with Gasteiger partial charge in [-0.15, -0.1) is 0 Å². The second-order valence-electron chi connectivity index (χ2n) is 4.80. The standard InChI is InChI=1S/C17H17ClFNO3/c1-22-13-5-7-14(8-6-13)23-10-2-3-17(21)20-16-9-4-12(19)11-15(16)18/h4-9,11H,2-3,10H2,1H3,(H,20,21). The molecule has 0 bridgehead atoms. The maximum absolute atomic E-state index is 12.9. The Morgan fingerprint density at radius 3 is 2.52 bits per heavy atom. The van der Waals surface area contributed by atoms with Gasteiger partial charge in [0.2, 0.25) is 5.91 Å². The topological polar surface area (TPSA) is 47.6 Å². The number of nitrogens with one attached hydrogen (secondary N) is 1. The van der Waals surface area contributed by atoms with Crippen molar-refractivity contribution in [3.8, 4) is 11.5 Å². The van der Waals surface area contributed by atoms with Crippen molar-refractivity contribution in [2.45, 2.75) is 12.8 Å². The van der Waals surface area contributed by atoms with Crippen LogP contribution in [0.3, 0.4) is 0 Å². The van der Waals surface area contributed by atoms with Crippen molar-refractivity contribution < 1.29 is 18.7 Å². The lowest BCUT2D eigenvalue weighted by Crippen LogP contribution is -2.13. The molecule has 0 fully saturated rings. The van der Waals surface area contributed by atoms with E-state index in [2.05, 4.69) is 5.32 Å². The van der Waals surface area contributed by atoms with Crippen molar-refractivity contribution in [2.75, 3.05) is 19.0 Å². The number of anilines is 1. The Hall–Kier alpha value is -2.27. The Balaban J connectivity index is 1.72. The molecule has 0 saturated heterocycles. The fourth-order valence-electron chi connectivity index (χ4n) is 1.90. The number of carbonyl (C=O) groups excluding carboxylic acids is 1. The fraction of sp³-hybridized carbons (Fsp3) is 0.235. The van der Waals surface area contributed by atoms with Gasteiger partial charge in [0, 0.05) is 6.42 Å². The Morgan fingerprint density at radius 1 is 1.17 bits per heavy atom. The number of amides is 1. The number of benzene rings is 2. The van der Waals surface area contributed by atoms with Crippen molar-refractivity contribution in [3.05, 3.63) is 53.3 Å². The Bertz CT molecular complexity index is 661. The van der Waals surface area contributed by atoms with Gasteiger partial charge in [-0.3, -0.25) is 4.79 Å². The average molecular weight is 338 g/mol. The van der Waals surface area contributed by atoms with Crippen LogP contribution in [0.2, 0.25) is 5.02 Å². The van der Waals surface area contributed by atoms with Crippen LogP contribution in [0.25, 0.3) is 0 Å². The molecule has 1 amide bonds. The first-order valence-electron chi connectivity index (χ1n) is 7.10. The second kappa shape index (κ2) is 8.39. The fourth-order valence-corrected chi connectivity index (χ4v) is 2.11. The summed E-state index contributed by atoms with van der Waals surface area (Å²) in [6.45, 7) is 0.414. The van der Waals surface area contributed by atoms with Crippen LogP contribution in [-0.4, -0.2) is 19.6 Å². The van der Waals surface area contributed by atoms with E-state index in [9.17, 15) is 9.18 Å². The molecule has 0 heterocycles. The Kier molecular flexibility index (Phi) is 6.23. The lowest BCUT2D eigenvalue weighted by atomic mass is 10.2. The first kappa shape index (κ1) is 17.1. The van der Waals surface area contributed by atoms with Crippen LogP contribution >= 0.6 is 11.6 Å². The normalized spacial score (nSPS) is 10.2. The first-order valence-corrected chi connectivity index (χ1v) is 7.48. The van der Waals surface area contributed by atoms with Gasteiger partial charge >= 0.3 is 0 Å². The van der Waals surface area contributed by atoms with Gasteiger partial charge in [0.25, 0.3) is 0 Å². The monoisotopic (exact) mass is 337 g/mol. The van der Waals surface area contributed by atoms with E-state index in [0.717, 1.165) is 11.8 Å². The molecule has 2 rings (SSSR count). The summed E-state index contributed by atoms with van der Waals surface area (Å²) in [4.78, 5) is 11.8. The summed E-state index contributed by atoms with van der Waals surface area (Å²) in [7, 11) is 1.60. The van der Waals surface area contributed by atoms with E-state index in [4.69, 9.17) is 21.1 Å². The van der Waals surface area contributed by atoms with Gasteiger partial charge in [-0.05, 0) is 48.9 Å². The molecule has 0 saturated carbocycles. The molecule has 23 heavy (non-hydrogen) atoms. The summed E-state index contributed by atoms with van der Waals surface area (Å²) < 4.78 is 23.5. The van der Waals surface area contributed by atoms with Crippen LogP contribution in [0.1, 0.15) is 12.8 Å². The number of carbonyl (C=O) groups is 1. The van der Waals surface area contributed by atoms with Gasteiger partial charge < -0.3 is 14.8 Å². The average Bonchev–Trinajstić information content (AvgIpc) is 2.55. The molecular formula is C17H17ClFNO3. The third-order valence-electron chi connectivity index (χ3n) is 3.08. The van der Waals surface area contributed by atoms with Crippen LogP contribution in [0.4, 0.5) is 10.1 Å². The van der Waals surface area contributed by atoms with Gasteiger partial charge in [-0.25, -0.2) is 4.39 Å². The molecule has 6 heteroatoms. The molecule has 1 N–H and O–H groups in total. The van der Waals surface area contributed by atoms with Crippen LogP contribution in [0.5, 0.6) is 11.5 Å². The largest absolute Gasteiger partial charge is 0.497 e. The van der Waals surface area contributed by atoms with E-state index >= 15 is 0 Å². The number of hydrogen-bond donors (Lipinski definition) is 1. The maximum atomic E-state index is 12.9. The van der Waals surface area contributed by atoms with E-state index < -0.39 is 5.82 Å². The number of ether oxygens (including phenoxy) is 2. The molecular weight excluding hydrogens is 321 g/mol. The molecule has 0 atom stereocenters. The highest BCUT2D eigenvalue weighted by atomic mass is 35.5. The SMILES string of the molecule is COc1ccc(OCCCC(=O)Nc2ccc(F)cc2Cl)cc1. The van der Waals surface area contributed by atoms with E-state index in [1.807, 2.05) is 0 Å². The molecule has 0 aromatic heterocycles. The van der Waals surface area contributed by atoms with Crippen molar-refractivity contribution in [3.63, 3.8) is 0 Å². The number of halogens is 2. The van der Waals surface area contributed by atoms with Gasteiger partial charge in [-0.2, -0.15) is 0 Å². The number of methoxy groups -OCH3 is 1. The second-order valence-corrected chi connectivity index (χ2v) is 5.21. The quantitative estimate of drug-likeness (QED) is 0.767. The van der Waals surface area contributed by atoms with Crippen molar-refractivity contribution in [1.82, 2.24) is 0 Å². The van der Waals surface area contributed by atoms with E-state index in [1.165, 1.54) is 12.1 Å². The first-order chi connectivity index (χ1) is 11.1. The van der Waals surface area contributed by atoms with Crippen molar-refractivity contribution in [2.24, 2.45) is 0 Å². The summed E-state index contributed by atoms with van der Waals surface area (Å²) in [5, 5.41) is 2.82. The molecule has 0 spiro atoms. The third kappa shape index (κ3) is 5.45. The van der Waals surface area contributed by atoms with Crippen LogP contribution in [0.15, 0.2) is 42.5 Å². The van der Waals surface area contributed by atoms with E-state index in [0.29, 0.717) is 24.5 Å². The predicted molar refractivity (Wildman–Crippen MR) is 87.8 cm³/mol. The molecule has 122 valence electrons. The Labute approximate surface area is 139 Å². The van der Waals surface area contributed by atoms with E-state index in [-0.39, 0.29) is 17.4 Å². The summed E-state index contributed by atoms with van der Waals surface area (Å²) in [6.07, 6.45) is 0.834.